The van der Waals surface area contributed by atoms with Crippen molar-refractivity contribution in [3.8, 4) is 0 Å². The van der Waals surface area contributed by atoms with E-state index in [0.717, 1.165) is 77.5 Å². The molecule has 2 aromatic heterocycles. The molecule has 304 valence electrons. The van der Waals surface area contributed by atoms with Crippen molar-refractivity contribution in [2.24, 2.45) is 5.41 Å². The summed E-state index contributed by atoms with van der Waals surface area (Å²) in [5, 5.41) is 9.70. The monoisotopic (exact) mass is 778 g/mol. The fourth-order valence-electron chi connectivity index (χ4n) is 8.81. The van der Waals surface area contributed by atoms with Crippen molar-refractivity contribution < 1.29 is 19.1 Å². The first-order valence-corrected chi connectivity index (χ1v) is 20.5. The minimum atomic E-state index is -0.770. The van der Waals surface area contributed by atoms with E-state index in [1.165, 1.54) is 0 Å². The van der Waals surface area contributed by atoms with Gasteiger partial charge in [0, 0.05) is 74.4 Å². The number of aromatic nitrogens is 3. The Balaban J connectivity index is 1.05. The summed E-state index contributed by atoms with van der Waals surface area (Å²) in [4.78, 5) is 65.8. The molecule has 3 fully saturated rings. The number of benzene rings is 2. The van der Waals surface area contributed by atoms with Crippen LogP contribution in [0.4, 0.5) is 4.79 Å². The summed E-state index contributed by atoms with van der Waals surface area (Å²) in [6.07, 6.45) is 7.98. The number of H-pyrrole nitrogens is 1. The molecule has 5 heterocycles. The van der Waals surface area contributed by atoms with Gasteiger partial charge in [0.15, 0.2) is 6.73 Å². The molecule has 3 saturated heterocycles. The predicted octanol–water partition coefficient (Wildman–Crippen LogP) is 5.03. The first-order chi connectivity index (χ1) is 27.4. The number of fused-ring (bicyclic) bond motifs is 2. The molecule has 3 amide bonds. The van der Waals surface area contributed by atoms with Crippen molar-refractivity contribution >= 4 is 39.7 Å². The van der Waals surface area contributed by atoms with Gasteiger partial charge in [-0.2, -0.15) is 5.10 Å². The highest BCUT2D eigenvalue weighted by atomic mass is 16.5. The second-order valence-electron chi connectivity index (χ2n) is 17.0. The van der Waals surface area contributed by atoms with E-state index in [1.54, 1.807) is 15.7 Å². The van der Waals surface area contributed by atoms with E-state index in [4.69, 9.17) is 4.74 Å². The van der Waals surface area contributed by atoms with Gasteiger partial charge in [0.2, 0.25) is 5.91 Å². The number of hydrogen-bond acceptors (Lipinski definition) is 8. The second-order valence-corrected chi connectivity index (χ2v) is 17.0. The summed E-state index contributed by atoms with van der Waals surface area (Å²) < 4.78 is 7.22. The Morgan fingerprint density at radius 2 is 1.68 bits per heavy atom. The van der Waals surface area contributed by atoms with Gasteiger partial charge in [0.25, 0.3) is 5.56 Å². The van der Waals surface area contributed by atoms with Crippen LogP contribution in [0.2, 0.25) is 0 Å². The van der Waals surface area contributed by atoms with Gasteiger partial charge in [-0.25, -0.2) is 9.48 Å². The Morgan fingerprint density at radius 3 is 2.40 bits per heavy atom. The molecule has 4 aromatic rings. The van der Waals surface area contributed by atoms with Crippen molar-refractivity contribution in [1.29, 1.82) is 0 Å². The molecule has 7 rings (SSSR count). The lowest BCUT2D eigenvalue weighted by molar-refractivity contribution is -0.158. The Hall–Kier alpha value is -5.01. The maximum Gasteiger partial charge on any atom is 0.318 e. The third-order valence-electron chi connectivity index (χ3n) is 12.3. The van der Waals surface area contributed by atoms with Crippen LogP contribution < -0.4 is 10.9 Å². The normalized spacial score (nSPS) is 18.5. The average molecular weight is 779 g/mol. The highest BCUT2D eigenvalue weighted by Gasteiger charge is 2.34. The van der Waals surface area contributed by atoms with Crippen LogP contribution >= 0.6 is 0 Å². The topological polar surface area (TPSA) is 136 Å². The van der Waals surface area contributed by atoms with Crippen LogP contribution in [0.1, 0.15) is 68.6 Å². The second kappa shape index (κ2) is 17.2. The van der Waals surface area contributed by atoms with E-state index in [9.17, 15) is 19.2 Å². The maximum absolute atomic E-state index is 14.4. The molecular formula is C44H58N8O5. The predicted molar refractivity (Wildman–Crippen MR) is 222 cm³/mol. The number of amides is 3. The molecular weight excluding hydrogens is 721 g/mol. The summed E-state index contributed by atoms with van der Waals surface area (Å²) >= 11 is 0. The number of likely N-dealkylation sites (tertiary alicyclic amines) is 2. The van der Waals surface area contributed by atoms with E-state index >= 15 is 0 Å². The van der Waals surface area contributed by atoms with Gasteiger partial charge in [0.05, 0.1) is 10.9 Å². The quantitative estimate of drug-likeness (QED) is 0.160. The number of carbonyl (C=O) groups excluding carboxylic acids is 3. The fourth-order valence-corrected chi connectivity index (χ4v) is 8.81. The van der Waals surface area contributed by atoms with Gasteiger partial charge in [-0.3, -0.25) is 19.3 Å². The Morgan fingerprint density at radius 1 is 0.965 bits per heavy atom. The van der Waals surface area contributed by atoms with Crippen molar-refractivity contribution in [3.63, 3.8) is 0 Å². The Bertz CT molecular complexity index is 2150. The average Bonchev–Trinajstić information content (AvgIpc) is 3.63. The number of hydrogen-bond donors (Lipinski definition) is 2. The van der Waals surface area contributed by atoms with Crippen molar-refractivity contribution in [1.82, 2.24) is 39.7 Å². The molecule has 57 heavy (non-hydrogen) atoms. The molecule has 0 radical (unpaired) electrons. The molecule has 0 spiro atoms. The van der Waals surface area contributed by atoms with Gasteiger partial charge >= 0.3 is 12.0 Å². The number of nitrogens with one attached hydrogen (secondary N) is 2. The number of para-hydroxylation sites is 1. The lowest BCUT2D eigenvalue weighted by Crippen LogP contribution is -2.59. The van der Waals surface area contributed by atoms with E-state index in [-0.39, 0.29) is 36.1 Å². The van der Waals surface area contributed by atoms with Crippen LogP contribution in [0.5, 0.6) is 0 Å². The molecule has 0 saturated carbocycles. The zero-order valence-corrected chi connectivity index (χ0v) is 34.0. The first kappa shape index (κ1) is 40.2. The number of rotatable bonds is 11. The summed E-state index contributed by atoms with van der Waals surface area (Å²) in [6, 6.07) is 13.3. The Labute approximate surface area is 335 Å². The number of piperidine rings is 2. The van der Waals surface area contributed by atoms with Crippen LogP contribution in [0.3, 0.4) is 0 Å². The number of ether oxygens (including phenoxy) is 1. The summed E-state index contributed by atoms with van der Waals surface area (Å²) in [7, 11) is 2.17. The van der Waals surface area contributed by atoms with Gasteiger partial charge in [-0.1, -0.05) is 30.3 Å². The number of nitrogens with zero attached hydrogens (tertiary/aromatic N) is 6. The minimum Gasteiger partial charge on any atom is -0.442 e. The van der Waals surface area contributed by atoms with E-state index < -0.39 is 11.5 Å². The van der Waals surface area contributed by atoms with Gasteiger partial charge < -0.3 is 29.7 Å². The van der Waals surface area contributed by atoms with Crippen molar-refractivity contribution in [3.05, 3.63) is 88.4 Å². The fraction of sp³-hybridized carbons (Fsp3) is 0.523. The Kier molecular flexibility index (Phi) is 12.2. The molecule has 2 aromatic carbocycles. The smallest absolute Gasteiger partial charge is 0.318 e. The van der Waals surface area contributed by atoms with Crippen LogP contribution in [0.25, 0.3) is 21.8 Å². The third kappa shape index (κ3) is 9.26. The van der Waals surface area contributed by atoms with Gasteiger partial charge in [-0.15, -0.1) is 6.58 Å². The number of pyridine rings is 1. The van der Waals surface area contributed by atoms with E-state index in [0.29, 0.717) is 57.9 Å². The molecule has 0 bridgehead atoms. The molecule has 13 nitrogen and oxygen atoms in total. The zero-order chi connectivity index (χ0) is 40.3. The summed E-state index contributed by atoms with van der Waals surface area (Å²) in [6.45, 7) is 15.4. The highest BCUT2D eigenvalue weighted by Crippen LogP contribution is 2.28. The van der Waals surface area contributed by atoms with E-state index in [1.807, 2.05) is 74.3 Å². The summed E-state index contributed by atoms with van der Waals surface area (Å²) in [5.74, 6) is -0.361. The van der Waals surface area contributed by atoms with Crippen molar-refractivity contribution in [2.75, 3.05) is 59.4 Å². The SMILES string of the molecule is C=CCC(C)(C)C(=O)OCn1cc2cc(C[C@@H](NC(=O)N3CCC(c4cc5ccccc5[nH]c4=O)CC3)C(=O)N3CCN(C4CCN(C)CC4)CC3)cc(C)c2n1. The summed E-state index contributed by atoms with van der Waals surface area (Å²) in [5.41, 5.74) is 3.42. The number of piperazine rings is 1. The minimum absolute atomic E-state index is 0.0183. The lowest BCUT2D eigenvalue weighted by Gasteiger charge is -2.43. The highest BCUT2D eigenvalue weighted by molar-refractivity contribution is 5.88. The lowest BCUT2D eigenvalue weighted by atomic mass is 9.89. The molecule has 1 atom stereocenters. The molecule has 3 aliphatic heterocycles. The molecule has 0 unspecified atom stereocenters. The van der Waals surface area contributed by atoms with Crippen LogP contribution in [-0.2, 0) is 27.5 Å². The largest absolute Gasteiger partial charge is 0.442 e. The van der Waals surface area contributed by atoms with Crippen LogP contribution in [0, 0.1) is 12.3 Å². The number of allylic oxidation sites excluding steroid dienone is 1. The van der Waals surface area contributed by atoms with Crippen LogP contribution in [-0.4, -0.2) is 124 Å². The molecule has 3 aliphatic rings. The molecule has 0 aliphatic carbocycles. The molecule has 13 heteroatoms. The number of esters is 1. The van der Waals surface area contributed by atoms with Crippen LogP contribution in [0.15, 0.2) is 66.1 Å². The number of carbonyl (C=O) groups is 3. The maximum atomic E-state index is 14.4. The number of urea groups is 1. The van der Waals surface area contributed by atoms with Gasteiger partial charge in [0.1, 0.15) is 6.04 Å². The third-order valence-corrected chi connectivity index (χ3v) is 12.3. The van der Waals surface area contributed by atoms with Gasteiger partial charge in [-0.05, 0) is 114 Å². The number of aromatic amines is 1. The first-order valence-electron chi connectivity index (χ1n) is 20.5. The molecule has 2 N–H and O–H groups in total. The van der Waals surface area contributed by atoms with E-state index in [2.05, 4.69) is 38.8 Å². The van der Waals surface area contributed by atoms with Crippen molar-refractivity contribution in [2.45, 2.75) is 84.0 Å². The number of aryl methyl sites for hydroxylation is 1. The zero-order valence-electron chi connectivity index (χ0n) is 34.0. The standard InChI is InChI=1S/C44H58N8O5/c1-6-15-44(3,4)42(55)57-29-52-28-34-25-31(24-30(2)39(34)47-52)26-38(41(54)50-22-20-49(21-23-50)35-13-16-48(5)17-14-35)46-43(56)51-18-11-32(12-19-51)36-27-33-9-7-8-10-37(33)45-40(36)53/h6-10,24-25,27-28,32,35,38H,1,11-23,26,29H2,2-5H3,(H,45,53)(H,46,56)/t38-/m1/s1.